The standard InChI is InChI=1S/C78H108N14O22S2/c1-47(93)70-77(110)85-61(76(109)87-71(48(2)94)78(111)112)46-116-115-45-60(64(96)39-53(36-50-22-26-55(95)27-23-50)72(105)83-59(38-52-25-24-51-16-6-7-17-56(51)52)75(108)82-57(73(106)86-70)18-10-12-29-79)84-74(107)58(37-49-14-4-3-5-15-49)81-66(98)28-32-113-34-35-114-33-30-80-65(97)21-11-13-31-92-41-54(88-89-92)40-90(42-67(99)100)62-19-8-9-20-63(62)91(43-68(101)102)44-69(103)104/h3-7,14-17,22-23,25-27,41,47-48,53,57-63,70-71,93-95H,8-13,18-21,24,28-40,42-46,79H2,1-2H3,(H,80,97)(H,81,98)(H,82,108)(H,83,105)(H,84,107)(H,85,110)(H,86,106)(H,87,109)(H,99,100)(H,101,102)(H,103,104)(H,111,112)/t47-,48-,53-,57+,58-,59-,60+,61+,62?,63?,70+,71+/m1/s1. The molecule has 0 spiro atoms. The number of Topliss-reactive ketones (excluding diaryl/α,β-unsaturated/α-hetero) is 1. The number of aryl methyl sites for hydroxylation is 1. The summed E-state index contributed by atoms with van der Waals surface area (Å²) in [7, 11) is 1.79. The number of phenolic OH excluding ortho intramolecular Hbond substituents is 1. The maximum atomic E-state index is 15.3. The lowest BCUT2D eigenvalue weighted by atomic mass is 9.87. The second-order valence-electron chi connectivity index (χ2n) is 28.9. The molecule has 1 saturated carbocycles. The Morgan fingerprint density at radius 3 is 1.99 bits per heavy atom. The molecular weight excluding hydrogens is 1550 g/mol. The Labute approximate surface area is 679 Å². The van der Waals surface area contributed by atoms with Crippen LogP contribution in [0.3, 0.4) is 0 Å². The van der Waals surface area contributed by atoms with Crippen LogP contribution >= 0.6 is 21.6 Å². The molecule has 2 aliphatic carbocycles. The highest BCUT2D eigenvalue weighted by molar-refractivity contribution is 8.76. The van der Waals surface area contributed by atoms with Gasteiger partial charge >= 0.3 is 23.9 Å². The van der Waals surface area contributed by atoms with Gasteiger partial charge in [-0.2, -0.15) is 0 Å². The first-order chi connectivity index (χ1) is 55.5. The molecule has 2 fully saturated rings. The fourth-order valence-corrected chi connectivity index (χ4v) is 16.2. The van der Waals surface area contributed by atoms with Crippen molar-refractivity contribution in [3.63, 3.8) is 0 Å². The Bertz CT molecular complexity index is 3970. The summed E-state index contributed by atoms with van der Waals surface area (Å²) >= 11 is 0. The molecule has 17 N–H and O–H groups in total. The quantitative estimate of drug-likeness (QED) is 0.0208. The molecule has 0 bridgehead atoms. The number of nitrogens with zero attached hydrogens (tertiary/aromatic N) is 5. The van der Waals surface area contributed by atoms with Crippen LogP contribution in [0.4, 0.5) is 0 Å². The van der Waals surface area contributed by atoms with E-state index in [1.54, 1.807) is 58.2 Å². The van der Waals surface area contributed by atoms with Crippen molar-refractivity contribution < 1.29 is 108 Å². The van der Waals surface area contributed by atoms with Crippen LogP contribution in [0.15, 0.2) is 91.1 Å². The van der Waals surface area contributed by atoms with Crippen molar-refractivity contribution in [1.82, 2.24) is 67.3 Å². The van der Waals surface area contributed by atoms with E-state index in [4.69, 9.17) is 15.2 Å². The van der Waals surface area contributed by atoms with E-state index in [1.165, 1.54) is 24.0 Å². The number of aliphatic carboxylic acids is 4. The Morgan fingerprint density at radius 1 is 0.672 bits per heavy atom. The third-order valence-electron chi connectivity index (χ3n) is 19.8. The SMILES string of the molecule is C[C@@H](O)[C@H](NC(=O)[C@@H]1CSSC[C@H](NC(=O)[C@@H](Cc2ccccc2)NC(=O)CCOCCOCCNC(=O)CCCCn2cc(CN(CC(=O)O)C3CCCCC3N(CC(=O)O)CC(=O)O)nn2)C(=O)C[C@@H](Cc2ccc(O)cc2)C(=O)N[C@H](CC2=CCc3ccccc32)C(=O)N[C@@H](CCCCN)C(=O)N[C@@H]([C@@H](C)O)C(=O)N1)C(=O)O. The summed E-state index contributed by atoms with van der Waals surface area (Å²) in [6.07, 6.45) is 3.91. The number of carboxylic acids is 4. The van der Waals surface area contributed by atoms with Gasteiger partial charge in [0.05, 0.1) is 70.0 Å². The van der Waals surface area contributed by atoms with E-state index >= 15 is 9.59 Å². The lowest BCUT2D eigenvalue weighted by Crippen LogP contribution is -2.62. The van der Waals surface area contributed by atoms with Crippen molar-refractivity contribution in [3.05, 3.63) is 119 Å². The Balaban J connectivity index is 1.000. The number of carbonyl (C=O) groups excluding carboxylic acids is 9. The maximum Gasteiger partial charge on any atom is 0.328 e. The van der Waals surface area contributed by atoms with Gasteiger partial charge in [-0.05, 0) is 118 Å². The number of aliphatic hydroxyl groups is 2. The zero-order valence-electron chi connectivity index (χ0n) is 65.0. The van der Waals surface area contributed by atoms with Crippen LogP contribution in [-0.4, -0.2) is 275 Å². The molecule has 36 nitrogen and oxygen atoms in total. The first-order valence-corrected chi connectivity index (χ1v) is 41.3. The van der Waals surface area contributed by atoms with Crippen molar-refractivity contribution in [2.24, 2.45) is 11.7 Å². The average Bonchev–Trinajstić information content (AvgIpc) is 1.47. The minimum Gasteiger partial charge on any atom is -0.508 e. The zero-order chi connectivity index (χ0) is 84.2. The number of rotatable bonds is 42. The molecule has 38 heteroatoms. The Morgan fingerprint density at radius 2 is 1.32 bits per heavy atom. The van der Waals surface area contributed by atoms with Gasteiger partial charge < -0.3 is 93.5 Å². The van der Waals surface area contributed by atoms with E-state index in [9.17, 15) is 88.5 Å². The summed E-state index contributed by atoms with van der Waals surface area (Å²) in [5.74, 6) is -14.5. The number of fused-ring (bicyclic) bond motifs is 1. The van der Waals surface area contributed by atoms with Gasteiger partial charge in [-0.1, -0.05) is 112 Å². The lowest BCUT2D eigenvalue weighted by Gasteiger charge is -2.43. The van der Waals surface area contributed by atoms with Gasteiger partial charge in [-0.25, -0.2) is 4.79 Å². The maximum absolute atomic E-state index is 15.3. The summed E-state index contributed by atoms with van der Waals surface area (Å²) in [5.41, 5.74) is 9.83. The largest absolute Gasteiger partial charge is 0.508 e. The van der Waals surface area contributed by atoms with Crippen molar-refractivity contribution in [2.45, 2.75) is 196 Å². The molecule has 4 aromatic rings. The predicted molar refractivity (Wildman–Crippen MR) is 424 cm³/mol. The Hall–Kier alpha value is -9.93. The summed E-state index contributed by atoms with van der Waals surface area (Å²) in [4.78, 5) is 181. The molecule has 0 radical (unpaired) electrons. The number of benzene rings is 3. The highest BCUT2D eigenvalue weighted by Crippen LogP contribution is 2.33. The minimum atomic E-state index is -1.88. The van der Waals surface area contributed by atoms with Crippen molar-refractivity contribution in [1.29, 1.82) is 0 Å². The number of hydrogen-bond acceptors (Lipinski definition) is 25. The molecule has 634 valence electrons. The van der Waals surface area contributed by atoms with Gasteiger partial charge in [-0.3, -0.25) is 72.0 Å². The number of aromatic nitrogens is 3. The molecule has 8 amide bonds. The van der Waals surface area contributed by atoms with E-state index in [2.05, 4.69) is 52.8 Å². The molecule has 2 unspecified atom stereocenters. The second kappa shape index (κ2) is 48.6. The van der Waals surface area contributed by atoms with Gasteiger partial charge in [0.1, 0.15) is 36.0 Å². The molecule has 1 aromatic heterocycles. The summed E-state index contributed by atoms with van der Waals surface area (Å²) in [6.45, 7) is 1.88. The smallest absolute Gasteiger partial charge is 0.328 e. The van der Waals surface area contributed by atoms with Gasteiger partial charge in [0.15, 0.2) is 11.8 Å². The number of unbranched alkanes of at least 4 members (excludes halogenated alkanes) is 2. The van der Waals surface area contributed by atoms with Crippen LogP contribution in [0.1, 0.15) is 125 Å². The number of nitrogens with two attached hydrogens (primary N) is 1. The molecular formula is C78H108N14O22S2. The summed E-state index contributed by atoms with van der Waals surface area (Å²) in [6, 6.07) is 9.91. The number of nitrogens with one attached hydrogen (secondary N) is 8. The molecule has 1 saturated heterocycles. The monoisotopic (exact) mass is 1660 g/mol. The van der Waals surface area contributed by atoms with Crippen molar-refractivity contribution >= 4 is 104 Å². The van der Waals surface area contributed by atoms with Crippen LogP contribution < -0.4 is 48.3 Å². The van der Waals surface area contributed by atoms with E-state index in [0.717, 1.165) is 52.5 Å². The van der Waals surface area contributed by atoms with Gasteiger partial charge in [-0.15, -0.1) is 5.10 Å². The number of aromatic hydroxyl groups is 1. The number of ketones is 1. The molecule has 7 rings (SSSR count). The first kappa shape index (κ1) is 93.2. The summed E-state index contributed by atoms with van der Waals surface area (Å²) in [5, 5.41) is 100. The molecule has 12 atom stereocenters. The van der Waals surface area contributed by atoms with Crippen LogP contribution in [0, 0.1) is 5.92 Å². The van der Waals surface area contributed by atoms with Gasteiger partial charge in [0, 0.05) is 87.4 Å². The average molecular weight is 1660 g/mol. The number of aliphatic hydroxyl groups excluding tert-OH is 2. The van der Waals surface area contributed by atoms with Crippen LogP contribution in [0.2, 0.25) is 0 Å². The van der Waals surface area contributed by atoms with E-state index in [1.807, 2.05) is 30.3 Å². The van der Waals surface area contributed by atoms with Crippen LogP contribution in [0.5, 0.6) is 5.75 Å². The Kier molecular flexibility index (Phi) is 39.0. The lowest BCUT2D eigenvalue weighted by molar-refractivity contribution is -0.146. The van der Waals surface area contributed by atoms with Gasteiger partial charge in [0.25, 0.3) is 0 Å². The first-order valence-electron chi connectivity index (χ1n) is 38.8. The zero-order valence-corrected chi connectivity index (χ0v) is 66.6. The highest BCUT2D eigenvalue weighted by atomic mass is 33.1. The molecule has 3 aromatic carbocycles. The number of carbonyl (C=O) groups is 13. The topological polar surface area (TPSA) is 541 Å². The number of amides is 8. The minimum absolute atomic E-state index is 0.0426. The second-order valence-corrected chi connectivity index (χ2v) is 31.5. The van der Waals surface area contributed by atoms with E-state index in [-0.39, 0.29) is 115 Å². The summed E-state index contributed by atoms with van der Waals surface area (Å²) < 4.78 is 12.9. The highest BCUT2D eigenvalue weighted by Gasteiger charge is 2.40. The third-order valence-corrected chi connectivity index (χ3v) is 22.2. The predicted octanol–water partition coefficient (Wildman–Crippen LogP) is 0.217. The number of carboxylic acid groups (broad SMARTS) is 4. The molecule has 1 aliphatic heterocycles. The number of phenols is 1. The molecule has 3 aliphatic rings. The normalized spacial score (nSPS) is 20.9. The van der Waals surface area contributed by atoms with E-state index < -0.39 is 169 Å². The number of hydrogen-bond donors (Lipinski definition) is 16. The van der Waals surface area contributed by atoms with Crippen LogP contribution in [-0.2, 0) is 104 Å². The van der Waals surface area contributed by atoms with E-state index in [0.29, 0.717) is 67.5 Å². The van der Waals surface area contributed by atoms with Crippen molar-refractivity contribution in [2.75, 3.05) is 70.7 Å². The molecule has 116 heavy (non-hydrogen) atoms. The number of allylic oxidation sites excluding steroid dienone is 1. The van der Waals surface area contributed by atoms with Crippen LogP contribution in [0.25, 0.3) is 5.57 Å². The third kappa shape index (κ3) is 31.6. The number of ether oxygens (including phenoxy) is 2. The molecule has 2 heterocycles. The fourth-order valence-electron chi connectivity index (χ4n) is 13.8. The fraction of sp³-hybridized carbons (Fsp3) is 0.551. The van der Waals surface area contributed by atoms with Gasteiger partial charge in [0.2, 0.25) is 47.3 Å². The van der Waals surface area contributed by atoms with Crippen molar-refractivity contribution in [3.8, 4) is 5.75 Å².